The molecule has 0 atom stereocenters. The van der Waals surface area contributed by atoms with Crippen molar-refractivity contribution < 1.29 is 14.6 Å². The molecule has 0 N–H and O–H groups in total. The van der Waals surface area contributed by atoms with Crippen LogP contribution in [0.5, 0.6) is 0 Å². The van der Waals surface area contributed by atoms with Crippen LogP contribution in [0.1, 0.15) is 32.1 Å². The Kier molecular flexibility index (Phi) is 5.15. The molecule has 1 saturated carbocycles. The largest absolute Gasteiger partial charge is 0.346 e. The topological polar surface area (TPSA) is 124 Å². The Morgan fingerprint density at radius 2 is 1.81 bits per heavy atom. The van der Waals surface area contributed by atoms with Crippen LogP contribution in [0.25, 0.3) is 11.3 Å². The van der Waals surface area contributed by atoms with Gasteiger partial charge in [-0.05, 0) is 18.9 Å². The smallest absolute Gasteiger partial charge is 0.324 e. The minimum atomic E-state index is -0.805. The van der Waals surface area contributed by atoms with Gasteiger partial charge in [0.15, 0.2) is 0 Å². The number of nitro groups is 2. The van der Waals surface area contributed by atoms with Crippen molar-refractivity contribution in [2.24, 2.45) is 0 Å². The Bertz CT molecular complexity index is 888. The maximum atomic E-state index is 12.7. The lowest BCUT2D eigenvalue weighted by atomic mass is 9.95. The first kappa shape index (κ1) is 18.5. The van der Waals surface area contributed by atoms with E-state index in [0.29, 0.717) is 11.3 Å². The number of hydrogen-bond donors (Lipinski definition) is 0. The lowest BCUT2D eigenvalue weighted by Crippen LogP contribution is -2.40. The van der Waals surface area contributed by atoms with E-state index in [1.54, 1.807) is 11.9 Å². The van der Waals surface area contributed by atoms with Gasteiger partial charge >= 0.3 is 17.4 Å². The third-order valence-corrected chi connectivity index (χ3v) is 4.89. The van der Waals surface area contributed by atoms with E-state index in [4.69, 9.17) is 0 Å². The fourth-order valence-corrected chi connectivity index (χ4v) is 3.37. The molecule has 0 radical (unpaired) electrons. The molecule has 1 aromatic carbocycles. The normalized spacial score (nSPS) is 14.7. The van der Waals surface area contributed by atoms with Gasteiger partial charge in [0.1, 0.15) is 6.33 Å². The number of carbonyl (C=O) groups excluding carboxylic acids is 1. The maximum absolute atomic E-state index is 12.7. The first-order valence-electron chi connectivity index (χ1n) is 8.63. The first-order valence-corrected chi connectivity index (χ1v) is 8.63. The van der Waals surface area contributed by atoms with Crippen molar-refractivity contribution in [3.8, 4) is 11.3 Å². The van der Waals surface area contributed by atoms with E-state index in [9.17, 15) is 25.0 Å². The molecule has 142 valence electrons. The highest BCUT2D eigenvalue weighted by Gasteiger charge is 2.26. The molecule has 10 heteroatoms. The Hall–Kier alpha value is -3.30. The number of aromatic nitrogens is 2. The zero-order valence-electron chi connectivity index (χ0n) is 14.8. The van der Waals surface area contributed by atoms with Gasteiger partial charge in [0, 0.05) is 37.0 Å². The Morgan fingerprint density at radius 3 is 2.44 bits per heavy atom. The summed E-state index contributed by atoms with van der Waals surface area (Å²) in [6, 6.07) is 3.52. The van der Waals surface area contributed by atoms with Crippen LogP contribution < -0.4 is 0 Å². The van der Waals surface area contributed by atoms with Crippen LogP contribution in [0.4, 0.5) is 16.2 Å². The third-order valence-electron chi connectivity index (χ3n) is 4.89. The van der Waals surface area contributed by atoms with Gasteiger partial charge in [-0.3, -0.25) is 24.8 Å². The van der Waals surface area contributed by atoms with Gasteiger partial charge < -0.3 is 4.90 Å². The number of rotatable bonds is 4. The number of nitro benzene ring substituents is 2. The van der Waals surface area contributed by atoms with Crippen molar-refractivity contribution in [3.05, 3.63) is 51.0 Å². The number of amides is 1. The highest BCUT2D eigenvalue weighted by molar-refractivity contribution is 5.78. The lowest BCUT2D eigenvalue weighted by molar-refractivity contribution is -0.422. The summed E-state index contributed by atoms with van der Waals surface area (Å²) in [6.07, 6.45) is 8.16. The highest BCUT2D eigenvalue weighted by atomic mass is 16.6. The van der Waals surface area contributed by atoms with Crippen LogP contribution in [0, 0.1) is 20.2 Å². The van der Waals surface area contributed by atoms with Gasteiger partial charge in [0.25, 0.3) is 0 Å². The minimum Gasteiger partial charge on any atom is -0.324 e. The number of benzene rings is 1. The highest BCUT2D eigenvalue weighted by Crippen LogP contribution is 2.31. The molecule has 0 saturated heterocycles. The predicted octanol–water partition coefficient (Wildman–Crippen LogP) is 3.60. The van der Waals surface area contributed by atoms with Crippen LogP contribution in [-0.2, 0) is 0 Å². The van der Waals surface area contributed by atoms with Gasteiger partial charge in [-0.2, -0.15) is 0 Å². The summed E-state index contributed by atoms with van der Waals surface area (Å²) in [7, 11) is 1.76. The van der Waals surface area contributed by atoms with Gasteiger partial charge in [-0.1, -0.05) is 19.3 Å². The van der Waals surface area contributed by atoms with E-state index >= 15 is 0 Å². The zero-order chi connectivity index (χ0) is 19.6. The Balaban J connectivity index is 1.85. The number of hydrogen-bond acceptors (Lipinski definition) is 6. The van der Waals surface area contributed by atoms with Crippen LogP contribution >= 0.6 is 0 Å². The Morgan fingerprint density at radius 1 is 1.15 bits per heavy atom. The fraction of sp³-hybridized carbons (Fsp3) is 0.412. The summed E-state index contributed by atoms with van der Waals surface area (Å²) in [6.45, 7) is 0. The second-order valence-corrected chi connectivity index (χ2v) is 6.57. The molecule has 0 aliphatic heterocycles. The number of carbonyl (C=O) groups is 1. The van der Waals surface area contributed by atoms with E-state index in [0.717, 1.165) is 37.8 Å². The predicted molar refractivity (Wildman–Crippen MR) is 96.4 cm³/mol. The molecule has 1 aromatic heterocycles. The van der Waals surface area contributed by atoms with E-state index in [1.807, 2.05) is 0 Å². The maximum Gasteiger partial charge on any atom is 0.346 e. The average Bonchev–Trinajstić information content (AvgIpc) is 3.17. The van der Waals surface area contributed by atoms with Gasteiger partial charge in [-0.25, -0.2) is 9.78 Å². The molecular weight excluding hydrogens is 354 g/mol. The van der Waals surface area contributed by atoms with Crippen LogP contribution in [-0.4, -0.2) is 43.4 Å². The van der Waals surface area contributed by atoms with Crippen LogP contribution in [0.15, 0.2) is 30.7 Å². The van der Waals surface area contributed by atoms with Gasteiger partial charge in [-0.15, -0.1) is 0 Å². The van der Waals surface area contributed by atoms with Crippen molar-refractivity contribution in [2.45, 2.75) is 38.1 Å². The number of imidazole rings is 1. The van der Waals surface area contributed by atoms with Gasteiger partial charge in [0.2, 0.25) is 0 Å². The molecule has 0 spiro atoms. The molecule has 3 rings (SSSR count). The van der Waals surface area contributed by atoms with Crippen molar-refractivity contribution in [2.75, 3.05) is 7.05 Å². The second-order valence-electron chi connectivity index (χ2n) is 6.57. The van der Waals surface area contributed by atoms with E-state index in [-0.39, 0.29) is 12.1 Å². The minimum absolute atomic E-state index is 0.192. The monoisotopic (exact) mass is 373 g/mol. The summed E-state index contributed by atoms with van der Waals surface area (Å²) in [4.78, 5) is 38.9. The molecule has 2 aromatic rings. The van der Waals surface area contributed by atoms with Crippen molar-refractivity contribution in [1.29, 1.82) is 0 Å². The van der Waals surface area contributed by atoms with E-state index < -0.39 is 21.2 Å². The molecule has 0 unspecified atom stereocenters. The Labute approximate surface area is 154 Å². The van der Waals surface area contributed by atoms with E-state index in [1.165, 1.54) is 29.6 Å². The summed E-state index contributed by atoms with van der Waals surface area (Å²) in [5.41, 5.74) is -0.536. The van der Waals surface area contributed by atoms with Crippen molar-refractivity contribution in [1.82, 2.24) is 14.5 Å². The van der Waals surface area contributed by atoms with Gasteiger partial charge in [0.05, 0.1) is 15.5 Å². The van der Waals surface area contributed by atoms with Crippen molar-refractivity contribution >= 4 is 17.4 Å². The zero-order valence-corrected chi connectivity index (χ0v) is 14.8. The van der Waals surface area contributed by atoms with Crippen LogP contribution in [0.3, 0.4) is 0 Å². The van der Waals surface area contributed by atoms with Crippen molar-refractivity contribution in [3.63, 3.8) is 0 Å². The quantitative estimate of drug-likeness (QED) is 0.595. The molecule has 1 fully saturated rings. The van der Waals surface area contributed by atoms with Crippen LogP contribution in [0.2, 0.25) is 0 Å². The molecule has 10 nitrogen and oxygen atoms in total. The average molecular weight is 373 g/mol. The lowest BCUT2D eigenvalue weighted by Gasteiger charge is -2.31. The summed E-state index contributed by atoms with van der Waals surface area (Å²) in [5.74, 6) is 0. The molecule has 27 heavy (non-hydrogen) atoms. The summed E-state index contributed by atoms with van der Waals surface area (Å²) >= 11 is 0. The van der Waals surface area contributed by atoms with E-state index in [2.05, 4.69) is 4.98 Å². The molecular formula is C17H19N5O5. The summed E-state index contributed by atoms with van der Waals surface area (Å²) in [5, 5.41) is 22.0. The molecule has 0 bridgehead atoms. The first-order chi connectivity index (χ1) is 12.9. The SMILES string of the molecule is CN(C(=O)n1cnc(-c2ccc([N+](=O)[O-])c([N+](=O)[O-])c2)c1)C1CCCCC1. The fourth-order valence-electron chi connectivity index (χ4n) is 3.37. The standard InChI is InChI=1S/C17H19N5O5/c1-19(13-5-3-2-4-6-13)17(23)20-10-14(18-11-20)12-7-8-15(21(24)25)16(9-12)22(26)27/h7-11,13H,2-6H2,1H3. The second kappa shape index (κ2) is 7.52. The summed E-state index contributed by atoms with van der Waals surface area (Å²) < 4.78 is 1.33. The number of nitrogens with zero attached hydrogens (tertiary/aromatic N) is 5. The molecule has 1 aliphatic rings. The molecule has 1 amide bonds. The molecule has 1 heterocycles. The molecule has 1 aliphatic carbocycles. The third kappa shape index (κ3) is 3.78.